The monoisotopic (exact) mass is 251 g/mol. The number of hydrogen-bond acceptors (Lipinski definition) is 6. The van der Waals surface area contributed by atoms with Gasteiger partial charge in [-0.3, -0.25) is 0 Å². The molecular formula is C10H13N5O3. The Hall–Kier alpha value is -2.25. The summed E-state index contributed by atoms with van der Waals surface area (Å²) in [6.07, 6.45) is 1.39. The number of aryl methyl sites for hydroxylation is 1. The van der Waals surface area contributed by atoms with E-state index in [-0.39, 0.29) is 12.2 Å². The third-order valence-electron chi connectivity index (χ3n) is 2.38. The number of aromatic nitrogens is 5. The van der Waals surface area contributed by atoms with Gasteiger partial charge in [0.1, 0.15) is 6.54 Å². The molecule has 0 fully saturated rings. The first-order valence-electron chi connectivity index (χ1n) is 5.56. The molecule has 8 nitrogen and oxygen atoms in total. The van der Waals surface area contributed by atoms with Gasteiger partial charge in [0, 0.05) is 6.92 Å². The fourth-order valence-electron chi connectivity index (χ4n) is 1.64. The van der Waals surface area contributed by atoms with E-state index < -0.39 is 5.97 Å². The largest absolute Gasteiger partial charge is 0.476 e. The fraction of sp³-hybridized carbons (Fsp3) is 0.500. The van der Waals surface area contributed by atoms with Gasteiger partial charge in [0.25, 0.3) is 0 Å². The lowest BCUT2D eigenvalue weighted by Crippen LogP contribution is -2.09. The molecular weight excluding hydrogens is 238 g/mol. The van der Waals surface area contributed by atoms with Crippen molar-refractivity contribution >= 4 is 5.97 Å². The van der Waals surface area contributed by atoms with Crippen LogP contribution >= 0.6 is 0 Å². The molecule has 0 amide bonds. The molecule has 0 saturated carbocycles. The van der Waals surface area contributed by atoms with E-state index in [2.05, 4.69) is 20.5 Å². The van der Waals surface area contributed by atoms with Gasteiger partial charge in [-0.1, -0.05) is 18.6 Å². The standard InChI is InChI=1S/C10H13N5O3/c1-3-4-7-9(10(16)17)13-14-15(7)5-8-12-11-6(2)18-8/h3-5H2,1-2H3,(H,16,17). The SMILES string of the molecule is CCCc1c(C(=O)O)nnn1Cc1nnc(C)o1. The Morgan fingerprint density at radius 1 is 1.39 bits per heavy atom. The van der Waals surface area contributed by atoms with Crippen LogP contribution in [0.1, 0.15) is 41.3 Å². The zero-order chi connectivity index (χ0) is 13.1. The van der Waals surface area contributed by atoms with Gasteiger partial charge in [-0.05, 0) is 6.42 Å². The van der Waals surface area contributed by atoms with Crippen LogP contribution in [0.2, 0.25) is 0 Å². The van der Waals surface area contributed by atoms with Crippen LogP contribution in [-0.4, -0.2) is 36.3 Å². The van der Waals surface area contributed by atoms with E-state index in [1.165, 1.54) is 4.68 Å². The molecule has 18 heavy (non-hydrogen) atoms. The minimum absolute atomic E-state index is 0.0203. The number of nitrogens with zero attached hydrogens (tertiary/aromatic N) is 5. The molecule has 2 heterocycles. The highest BCUT2D eigenvalue weighted by molar-refractivity contribution is 5.86. The molecule has 0 unspecified atom stereocenters. The van der Waals surface area contributed by atoms with Crippen LogP contribution in [0.15, 0.2) is 4.42 Å². The highest BCUT2D eigenvalue weighted by Gasteiger charge is 2.19. The first-order chi connectivity index (χ1) is 8.61. The number of carbonyl (C=O) groups is 1. The maximum atomic E-state index is 11.0. The highest BCUT2D eigenvalue weighted by Crippen LogP contribution is 2.11. The van der Waals surface area contributed by atoms with Gasteiger partial charge >= 0.3 is 5.97 Å². The molecule has 2 rings (SSSR count). The van der Waals surface area contributed by atoms with Crippen molar-refractivity contribution in [2.45, 2.75) is 33.2 Å². The first-order valence-corrected chi connectivity index (χ1v) is 5.56. The van der Waals surface area contributed by atoms with Gasteiger partial charge in [0.15, 0.2) is 5.69 Å². The van der Waals surface area contributed by atoms with Crippen molar-refractivity contribution < 1.29 is 14.3 Å². The van der Waals surface area contributed by atoms with Gasteiger partial charge in [0.2, 0.25) is 11.8 Å². The van der Waals surface area contributed by atoms with E-state index in [0.717, 1.165) is 6.42 Å². The lowest BCUT2D eigenvalue weighted by molar-refractivity contribution is 0.0689. The summed E-state index contributed by atoms with van der Waals surface area (Å²) < 4.78 is 6.72. The molecule has 0 radical (unpaired) electrons. The van der Waals surface area contributed by atoms with Crippen LogP contribution in [0.3, 0.4) is 0 Å². The summed E-state index contributed by atoms with van der Waals surface area (Å²) in [4.78, 5) is 11.0. The maximum absolute atomic E-state index is 11.0. The minimum Gasteiger partial charge on any atom is -0.476 e. The predicted molar refractivity (Wildman–Crippen MR) is 59.1 cm³/mol. The lowest BCUT2D eigenvalue weighted by Gasteiger charge is -2.02. The second kappa shape index (κ2) is 4.94. The molecule has 2 aromatic heterocycles. The Balaban J connectivity index is 2.29. The molecule has 0 saturated heterocycles. The minimum atomic E-state index is -1.08. The van der Waals surface area contributed by atoms with Crippen molar-refractivity contribution in [2.75, 3.05) is 0 Å². The van der Waals surface area contributed by atoms with Crippen molar-refractivity contribution in [1.82, 2.24) is 25.2 Å². The van der Waals surface area contributed by atoms with Crippen LogP contribution < -0.4 is 0 Å². The van der Waals surface area contributed by atoms with Crippen LogP contribution in [0, 0.1) is 6.92 Å². The van der Waals surface area contributed by atoms with E-state index in [9.17, 15) is 4.79 Å². The molecule has 0 aliphatic carbocycles. The van der Waals surface area contributed by atoms with Gasteiger partial charge in [-0.2, -0.15) is 0 Å². The van der Waals surface area contributed by atoms with Gasteiger partial charge in [0.05, 0.1) is 5.69 Å². The predicted octanol–water partition coefficient (Wildman–Crippen LogP) is 0.669. The third kappa shape index (κ3) is 2.36. The van der Waals surface area contributed by atoms with Gasteiger partial charge in [-0.25, -0.2) is 9.48 Å². The Morgan fingerprint density at radius 2 is 2.17 bits per heavy atom. The molecule has 96 valence electrons. The number of aromatic carboxylic acids is 1. The average molecular weight is 251 g/mol. The zero-order valence-corrected chi connectivity index (χ0v) is 10.1. The Bertz CT molecular complexity index is 560. The third-order valence-corrected chi connectivity index (χ3v) is 2.38. The summed E-state index contributed by atoms with van der Waals surface area (Å²) in [6.45, 7) is 3.88. The van der Waals surface area contributed by atoms with Crippen LogP contribution in [0.4, 0.5) is 0 Å². The van der Waals surface area contributed by atoms with Crippen LogP contribution in [0.5, 0.6) is 0 Å². The van der Waals surface area contributed by atoms with E-state index in [4.69, 9.17) is 9.52 Å². The highest BCUT2D eigenvalue weighted by atomic mass is 16.4. The molecule has 0 aliphatic heterocycles. The quantitative estimate of drug-likeness (QED) is 0.831. The van der Waals surface area contributed by atoms with E-state index in [1.807, 2.05) is 6.92 Å². The van der Waals surface area contributed by atoms with E-state index in [0.29, 0.717) is 23.9 Å². The van der Waals surface area contributed by atoms with E-state index in [1.54, 1.807) is 6.92 Å². The van der Waals surface area contributed by atoms with Crippen molar-refractivity contribution in [1.29, 1.82) is 0 Å². The molecule has 0 aromatic carbocycles. The average Bonchev–Trinajstić information content (AvgIpc) is 2.88. The van der Waals surface area contributed by atoms with Crippen LogP contribution in [-0.2, 0) is 13.0 Å². The molecule has 2 aromatic rings. The Kier molecular flexibility index (Phi) is 3.35. The number of rotatable bonds is 5. The second-order valence-electron chi connectivity index (χ2n) is 3.81. The first kappa shape index (κ1) is 12.2. The molecule has 0 spiro atoms. The molecule has 0 bridgehead atoms. The smallest absolute Gasteiger partial charge is 0.358 e. The Morgan fingerprint density at radius 3 is 2.72 bits per heavy atom. The summed E-state index contributed by atoms with van der Waals surface area (Å²) in [5.41, 5.74) is 0.550. The van der Waals surface area contributed by atoms with Crippen molar-refractivity contribution in [2.24, 2.45) is 0 Å². The number of carboxylic acids is 1. The van der Waals surface area contributed by atoms with Crippen molar-refractivity contribution in [3.8, 4) is 0 Å². The summed E-state index contributed by atoms with van der Waals surface area (Å²) in [6, 6.07) is 0. The summed E-state index contributed by atoms with van der Waals surface area (Å²) in [7, 11) is 0. The number of carboxylic acid groups (broad SMARTS) is 1. The molecule has 0 aliphatic rings. The molecule has 8 heteroatoms. The second-order valence-corrected chi connectivity index (χ2v) is 3.81. The zero-order valence-electron chi connectivity index (χ0n) is 10.1. The maximum Gasteiger partial charge on any atom is 0.358 e. The fourth-order valence-corrected chi connectivity index (χ4v) is 1.64. The van der Waals surface area contributed by atoms with Crippen LogP contribution in [0.25, 0.3) is 0 Å². The van der Waals surface area contributed by atoms with Crippen molar-refractivity contribution in [3.05, 3.63) is 23.2 Å². The topological polar surface area (TPSA) is 107 Å². The Labute approximate surface area is 103 Å². The van der Waals surface area contributed by atoms with Gasteiger partial charge in [-0.15, -0.1) is 15.3 Å². The number of hydrogen-bond donors (Lipinski definition) is 1. The van der Waals surface area contributed by atoms with Crippen molar-refractivity contribution in [3.63, 3.8) is 0 Å². The normalized spacial score (nSPS) is 10.8. The summed E-state index contributed by atoms with van der Waals surface area (Å²) >= 11 is 0. The molecule has 0 atom stereocenters. The lowest BCUT2D eigenvalue weighted by atomic mass is 10.2. The molecule has 1 N–H and O–H groups in total. The summed E-state index contributed by atoms with van der Waals surface area (Å²) in [5, 5.41) is 24.0. The van der Waals surface area contributed by atoms with Gasteiger partial charge < -0.3 is 9.52 Å². The summed E-state index contributed by atoms with van der Waals surface area (Å²) in [5.74, 6) is -0.237. The van der Waals surface area contributed by atoms with E-state index >= 15 is 0 Å².